The average Bonchev–Trinajstić information content (AvgIpc) is 2.93. The number of carbonyl (C=O) groups excluding carboxylic acids is 1. The van der Waals surface area contributed by atoms with Gasteiger partial charge in [0.1, 0.15) is 5.76 Å². The normalized spacial score (nSPS) is 10.4. The lowest BCUT2D eigenvalue weighted by Gasteiger charge is -2.10. The van der Waals surface area contributed by atoms with Crippen LogP contribution in [0.15, 0.2) is 34.9 Å². The van der Waals surface area contributed by atoms with Gasteiger partial charge in [-0.25, -0.2) is 4.79 Å². The lowest BCUT2D eigenvalue weighted by Crippen LogP contribution is -2.13. The highest BCUT2D eigenvalue weighted by Crippen LogP contribution is 2.20. The SMILES string of the molecule is Cc1cc(NC(=O)CCc2ccco2)cc(C(=O)O)c1C. The summed E-state index contributed by atoms with van der Waals surface area (Å²) in [5, 5.41) is 11.9. The van der Waals surface area contributed by atoms with Gasteiger partial charge in [0.25, 0.3) is 0 Å². The fraction of sp³-hybridized carbons (Fsp3) is 0.250. The van der Waals surface area contributed by atoms with Crippen LogP contribution < -0.4 is 5.32 Å². The summed E-state index contributed by atoms with van der Waals surface area (Å²) in [6.07, 6.45) is 2.36. The first kappa shape index (κ1) is 14.8. The van der Waals surface area contributed by atoms with Gasteiger partial charge in [0.15, 0.2) is 0 Å². The monoisotopic (exact) mass is 287 g/mol. The van der Waals surface area contributed by atoms with Crippen molar-refractivity contribution in [1.82, 2.24) is 0 Å². The summed E-state index contributed by atoms with van der Waals surface area (Å²) in [7, 11) is 0. The maximum Gasteiger partial charge on any atom is 0.336 e. The van der Waals surface area contributed by atoms with Crippen molar-refractivity contribution in [2.45, 2.75) is 26.7 Å². The molecule has 5 nitrogen and oxygen atoms in total. The summed E-state index contributed by atoms with van der Waals surface area (Å²) in [4.78, 5) is 23.1. The van der Waals surface area contributed by atoms with Crippen molar-refractivity contribution in [3.8, 4) is 0 Å². The Bertz CT molecular complexity index is 659. The van der Waals surface area contributed by atoms with Crippen molar-refractivity contribution in [1.29, 1.82) is 0 Å². The summed E-state index contributed by atoms with van der Waals surface area (Å²) >= 11 is 0. The van der Waals surface area contributed by atoms with Gasteiger partial charge in [-0.15, -0.1) is 0 Å². The smallest absolute Gasteiger partial charge is 0.336 e. The van der Waals surface area contributed by atoms with Crippen LogP contribution in [0.3, 0.4) is 0 Å². The number of carboxylic acids is 1. The van der Waals surface area contributed by atoms with Crippen LogP contribution in [0.4, 0.5) is 5.69 Å². The van der Waals surface area contributed by atoms with Gasteiger partial charge >= 0.3 is 5.97 Å². The minimum absolute atomic E-state index is 0.175. The molecule has 2 rings (SSSR count). The number of aromatic carboxylic acids is 1. The first-order valence-electron chi connectivity index (χ1n) is 6.64. The fourth-order valence-electron chi connectivity index (χ4n) is 2.07. The molecule has 0 saturated heterocycles. The number of benzene rings is 1. The minimum atomic E-state index is -0.998. The standard InChI is InChI=1S/C16H17NO4/c1-10-8-12(9-14(11(10)2)16(19)20)17-15(18)6-5-13-4-3-7-21-13/h3-4,7-9H,5-6H2,1-2H3,(H,17,18)(H,19,20). The highest BCUT2D eigenvalue weighted by Gasteiger charge is 2.12. The predicted molar refractivity (Wildman–Crippen MR) is 78.5 cm³/mol. The van der Waals surface area contributed by atoms with E-state index in [9.17, 15) is 9.59 Å². The van der Waals surface area contributed by atoms with Crippen LogP contribution in [-0.2, 0) is 11.2 Å². The van der Waals surface area contributed by atoms with E-state index in [2.05, 4.69) is 5.32 Å². The number of anilines is 1. The van der Waals surface area contributed by atoms with Gasteiger partial charge in [-0.05, 0) is 49.2 Å². The van der Waals surface area contributed by atoms with Crippen molar-refractivity contribution < 1.29 is 19.1 Å². The number of furan rings is 1. The van der Waals surface area contributed by atoms with E-state index in [1.807, 2.05) is 13.0 Å². The van der Waals surface area contributed by atoms with Gasteiger partial charge in [0.2, 0.25) is 5.91 Å². The van der Waals surface area contributed by atoms with Crippen molar-refractivity contribution in [3.05, 3.63) is 53.0 Å². The van der Waals surface area contributed by atoms with E-state index in [4.69, 9.17) is 9.52 Å². The quantitative estimate of drug-likeness (QED) is 0.885. The van der Waals surface area contributed by atoms with E-state index in [0.29, 0.717) is 17.7 Å². The number of hydrogen-bond acceptors (Lipinski definition) is 3. The van der Waals surface area contributed by atoms with Gasteiger partial charge in [-0.3, -0.25) is 4.79 Å². The molecule has 0 aliphatic heterocycles. The van der Waals surface area contributed by atoms with E-state index in [1.54, 1.807) is 25.3 Å². The number of rotatable bonds is 5. The van der Waals surface area contributed by atoms with E-state index >= 15 is 0 Å². The molecule has 2 aromatic rings. The lowest BCUT2D eigenvalue weighted by atomic mass is 10.0. The molecule has 110 valence electrons. The molecule has 0 atom stereocenters. The van der Waals surface area contributed by atoms with Crippen LogP contribution in [-0.4, -0.2) is 17.0 Å². The number of hydrogen-bond donors (Lipinski definition) is 2. The molecule has 0 radical (unpaired) electrons. The van der Waals surface area contributed by atoms with Crippen LogP contribution in [0.2, 0.25) is 0 Å². The Labute approximate surface area is 122 Å². The Kier molecular flexibility index (Phi) is 4.42. The molecule has 0 spiro atoms. The Hall–Kier alpha value is -2.56. The van der Waals surface area contributed by atoms with Gasteiger partial charge in [-0.2, -0.15) is 0 Å². The molecule has 21 heavy (non-hydrogen) atoms. The summed E-state index contributed by atoms with van der Waals surface area (Å²) in [6, 6.07) is 6.84. The second kappa shape index (κ2) is 6.26. The molecule has 1 aromatic heterocycles. The highest BCUT2D eigenvalue weighted by molar-refractivity contribution is 5.95. The molecule has 0 bridgehead atoms. The fourth-order valence-corrected chi connectivity index (χ4v) is 2.07. The average molecular weight is 287 g/mol. The third-order valence-electron chi connectivity index (χ3n) is 3.36. The maximum absolute atomic E-state index is 11.9. The third-order valence-corrected chi connectivity index (χ3v) is 3.36. The summed E-state index contributed by atoms with van der Waals surface area (Å²) in [5.74, 6) is -0.426. The van der Waals surface area contributed by atoms with Gasteiger partial charge in [0, 0.05) is 18.5 Å². The van der Waals surface area contributed by atoms with Gasteiger partial charge < -0.3 is 14.8 Å². The molecule has 2 N–H and O–H groups in total. The summed E-state index contributed by atoms with van der Waals surface area (Å²) < 4.78 is 5.16. The molecular weight excluding hydrogens is 270 g/mol. The number of aryl methyl sites for hydroxylation is 2. The molecule has 0 aliphatic rings. The molecule has 1 heterocycles. The van der Waals surface area contributed by atoms with Crippen molar-refractivity contribution >= 4 is 17.6 Å². The first-order chi connectivity index (χ1) is 9.97. The van der Waals surface area contributed by atoms with Gasteiger partial charge in [-0.1, -0.05) is 0 Å². The topological polar surface area (TPSA) is 79.5 Å². The molecule has 1 amide bonds. The zero-order chi connectivity index (χ0) is 15.4. The second-order valence-corrected chi connectivity index (χ2v) is 4.90. The first-order valence-corrected chi connectivity index (χ1v) is 6.64. The highest BCUT2D eigenvalue weighted by atomic mass is 16.4. The Balaban J connectivity index is 2.05. The lowest BCUT2D eigenvalue weighted by molar-refractivity contribution is -0.116. The largest absolute Gasteiger partial charge is 0.478 e. The second-order valence-electron chi connectivity index (χ2n) is 4.90. The van der Waals surface area contributed by atoms with Gasteiger partial charge in [0.05, 0.1) is 11.8 Å². The zero-order valence-corrected chi connectivity index (χ0v) is 12.0. The van der Waals surface area contributed by atoms with E-state index in [0.717, 1.165) is 11.3 Å². The van der Waals surface area contributed by atoms with Crippen LogP contribution in [0.25, 0.3) is 0 Å². The Morgan fingerprint density at radius 3 is 2.67 bits per heavy atom. The van der Waals surface area contributed by atoms with Crippen molar-refractivity contribution in [2.75, 3.05) is 5.32 Å². The van der Waals surface area contributed by atoms with E-state index < -0.39 is 5.97 Å². The maximum atomic E-state index is 11.9. The summed E-state index contributed by atoms with van der Waals surface area (Å²) in [6.45, 7) is 3.57. The van der Waals surface area contributed by atoms with E-state index in [1.165, 1.54) is 6.07 Å². The molecule has 0 saturated carbocycles. The molecule has 0 unspecified atom stereocenters. The molecule has 1 aromatic carbocycles. The van der Waals surface area contributed by atoms with Crippen LogP contribution >= 0.6 is 0 Å². The molecule has 5 heteroatoms. The molecular formula is C16H17NO4. The van der Waals surface area contributed by atoms with Crippen molar-refractivity contribution in [3.63, 3.8) is 0 Å². The van der Waals surface area contributed by atoms with Crippen LogP contribution in [0.5, 0.6) is 0 Å². The number of amides is 1. The third kappa shape index (κ3) is 3.72. The molecule has 0 fully saturated rings. The number of nitrogens with one attached hydrogen (secondary N) is 1. The Morgan fingerprint density at radius 2 is 2.05 bits per heavy atom. The summed E-state index contributed by atoms with van der Waals surface area (Å²) in [5.41, 5.74) is 2.24. The molecule has 0 aliphatic carbocycles. The predicted octanol–water partition coefficient (Wildman–Crippen LogP) is 3.17. The minimum Gasteiger partial charge on any atom is -0.478 e. The Morgan fingerprint density at radius 1 is 1.29 bits per heavy atom. The number of carboxylic acid groups (broad SMARTS) is 1. The zero-order valence-electron chi connectivity index (χ0n) is 12.0. The van der Waals surface area contributed by atoms with Crippen LogP contribution in [0.1, 0.15) is 33.7 Å². The van der Waals surface area contributed by atoms with Crippen LogP contribution in [0, 0.1) is 13.8 Å². The number of carbonyl (C=O) groups is 2. The van der Waals surface area contributed by atoms with E-state index in [-0.39, 0.29) is 17.9 Å². The van der Waals surface area contributed by atoms with Crippen molar-refractivity contribution in [2.24, 2.45) is 0 Å².